The van der Waals surface area contributed by atoms with Crippen molar-refractivity contribution >= 4 is 60.9 Å². The Morgan fingerprint density at radius 3 is 1.42 bits per heavy atom. The molecule has 0 bridgehead atoms. The molecular weight excluding hydrogens is 414 g/mol. The molecule has 2 aromatic rings. The van der Waals surface area contributed by atoms with Gasteiger partial charge in [-0.2, -0.15) is 0 Å². The van der Waals surface area contributed by atoms with Crippen molar-refractivity contribution in [2.24, 2.45) is 0 Å². The molecule has 0 aliphatic carbocycles. The van der Waals surface area contributed by atoms with Gasteiger partial charge in [0.15, 0.2) is 0 Å². The van der Waals surface area contributed by atoms with Crippen LogP contribution in [-0.2, 0) is 0 Å². The van der Waals surface area contributed by atoms with E-state index >= 15 is 0 Å². The zero-order valence-electron chi connectivity index (χ0n) is 5.88. The average Bonchev–Trinajstić information content (AvgIpc) is 2.58. The van der Waals surface area contributed by atoms with Crippen LogP contribution in [0.15, 0.2) is 31.0 Å². The molecule has 4 heteroatoms. The van der Waals surface area contributed by atoms with E-state index in [1.807, 2.05) is 0 Å². The van der Waals surface area contributed by atoms with Gasteiger partial charge in [-0.1, -0.05) is 0 Å². The van der Waals surface area contributed by atoms with E-state index in [4.69, 9.17) is 0 Å². The third-order valence-electron chi connectivity index (χ3n) is 1.39. The minimum atomic E-state index is 0.527. The number of rotatable bonds is 1. The summed E-state index contributed by atoms with van der Waals surface area (Å²) in [6, 6.07) is 8.80. The van der Waals surface area contributed by atoms with Gasteiger partial charge >= 0.3 is 101 Å². The summed E-state index contributed by atoms with van der Waals surface area (Å²) in [6.07, 6.45) is 0. The molecule has 0 atom stereocenters. The van der Waals surface area contributed by atoms with Crippen LogP contribution < -0.4 is 0 Å². The summed E-state index contributed by atoms with van der Waals surface area (Å²) < 4.78 is 5.76. The van der Waals surface area contributed by atoms with E-state index < -0.39 is 0 Å². The predicted octanol–water partition coefficient (Wildman–Crippen LogP) is 2.99. The van der Waals surface area contributed by atoms with E-state index in [1.54, 1.807) is 0 Å². The molecule has 2 rings (SSSR count). The zero-order valence-corrected chi connectivity index (χ0v) is 12.5. The average molecular weight is 418 g/mol. The van der Waals surface area contributed by atoms with Crippen LogP contribution in [0.4, 0.5) is 0 Å². The molecule has 0 unspecified atom stereocenters. The normalized spacial score (nSPS) is 10.5. The molecule has 0 fully saturated rings. The van der Waals surface area contributed by atoms with Crippen molar-refractivity contribution in [3.63, 3.8) is 0 Å². The Bertz CT molecular complexity index is 351. The van der Waals surface area contributed by atoms with E-state index in [9.17, 15) is 0 Å². The Morgan fingerprint density at radius 1 is 0.750 bits per heavy atom. The van der Waals surface area contributed by atoms with Crippen LogP contribution >= 0.6 is 31.9 Å². The van der Waals surface area contributed by atoms with Crippen LogP contribution in [0.5, 0.6) is 0 Å². The number of hydrogen-bond acceptors (Lipinski definition) is 0. The van der Waals surface area contributed by atoms with Gasteiger partial charge in [-0.3, -0.25) is 0 Å². The van der Waals surface area contributed by atoms with Crippen LogP contribution in [0, 0.1) is 0 Å². The van der Waals surface area contributed by atoms with Crippen molar-refractivity contribution in [3.8, 4) is 8.87 Å². The molecule has 0 amide bonds. The van der Waals surface area contributed by atoms with Crippen LogP contribution in [0.2, 0.25) is 0 Å². The van der Waals surface area contributed by atoms with Crippen molar-refractivity contribution in [2.75, 3.05) is 0 Å². The van der Waals surface area contributed by atoms with Gasteiger partial charge in [0.1, 0.15) is 0 Å². The first-order valence-electron chi connectivity index (χ1n) is 3.27. The molecule has 0 N–H and O–H groups in total. The molecule has 0 saturated heterocycles. The van der Waals surface area contributed by atoms with E-state index in [0.717, 1.165) is 0 Å². The second-order valence-electron chi connectivity index (χ2n) is 2.21. The Kier molecular flexibility index (Phi) is 3.17. The maximum absolute atomic E-state index is 3.53. The predicted molar refractivity (Wildman–Crippen MR) is 61.2 cm³/mol. The number of hydrogen-bond donors (Lipinski definition) is 0. The second kappa shape index (κ2) is 4.00. The van der Waals surface area contributed by atoms with Gasteiger partial charge in [0.25, 0.3) is 0 Å². The van der Waals surface area contributed by atoms with Gasteiger partial charge in [-0.15, -0.1) is 0 Å². The molecule has 0 aromatic carbocycles. The fourth-order valence-electron chi connectivity index (χ4n) is 0.893. The van der Waals surface area contributed by atoms with Gasteiger partial charge in [0, 0.05) is 0 Å². The standard InChI is InChI=1S/C8H4Br2Se2/c9-7-3-1-5(11-7)6-2-4-8(10)12-6/h1-4H. The molecule has 0 spiro atoms. The molecule has 62 valence electrons. The first-order chi connectivity index (χ1) is 5.75. The summed E-state index contributed by atoms with van der Waals surface area (Å²) in [6.45, 7) is 0. The van der Waals surface area contributed by atoms with Crippen molar-refractivity contribution in [2.45, 2.75) is 0 Å². The van der Waals surface area contributed by atoms with Crippen LogP contribution in [0.1, 0.15) is 0 Å². The van der Waals surface area contributed by atoms with Crippen molar-refractivity contribution in [3.05, 3.63) is 31.0 Å². The van der Waals surface area contributed by atoms with Crippen molar-refractivity contribution < 1.29 is 0 Å². The summed E-state index contributed by atoms with van der Waals surface area (Å²) in [7, 11) is 0. The zero-order chi connectivity index (χ0) is 8.55. The first kappa shape index (κ1) is 9.51. The summed E-state index contributed by atoms with van der Waals surface area (Å²) in [5.74, 6) is 0. The Morgan fingerprint density at radius 2 is 1.17 bits per heavy atom. The molecule has 0 saturated carbocycles. The van der Waals surface area contributed by atoms with E-state index in [0.29, 0.717) is 29.0 Å². The minimum absolute atomic E-state index is 0.527. The van der Waals surface area contributed by atoms with Crippen LogP contribution in [-0.4, -0.2) is 29.0 Å². The fraction of sp³-hybridized carbons (Fsp3) is 0. The van der Waals surface area contributed by atoms with E-state index in [-0.39, 0.29) is 0 Å². The van der Waals surface area contributed by atoms with Crippen molar-refractivity contribution in [1.82, 2.24) is 0 Å². The van der Waals surface area contributed by atoms with Gasteiger partial charge in [-0.25, -0.2) is 0 Å². The topological polar surface area (TPSA) is 0 Å². The molecule has 12 heavy (non-hydrogen) atoms. The molecular formula is C8H4Br2Se2. The second-order valence-corrected chi connectivity index (χ2v) is 10.8. The molecule has 2 aromatic heterocycles. The Labute approximate surface area is 99.7 Å². The molecule has 2 heterocycles. The Balaban J connectivity index is 2.43. The molecule has 0 radical (unpaired) electrons. The summed E-state index contributed by atoms with van der Waals surface area (Å²) in [5.41, 5.74) is 0. The van der Waals surface area contributed by atoms with Gasteiger partial charge in [0.05, 0.1) is 0 Å². The van der Waals surface area contributed by atoms with Gasteiger partial charge < -0.3 is 0 Å². The SMILES string of the molecule is Brc1ccc(-c2ccc(Br)[se]2)[se]1. The quantitative estimate of drug-likeness (QED) is 0.626. The molecule has 0 aliphatic heterocycles. The van der Waals surface area contributed by atoms with Gasteiger partial charge in [0.2, 0.25) is 0 Å². The van der Waals surface area contributed by atoms with Crippen LogP contribution in [0.3, 0.4) is 0 Å². The first-order valence-corrected chi connectivity index (χ1v) is 8.28. The Hall–Kier alpha value is 0.959. The molecule has 0 aliphatic rings. The molecule has 0 nitrogen and oxygen atoms in total. The maximum atomic E-state index is 3.53. The fourth-order valence-corrected chi connectivity index (χ4v) is 6.61. The van der Waals surface area contributed by atoms with E-state index in [1.165, 1.54) is 15.6 Å². The summed E-state index contributed by atoms with van der Waals surface area (Å²) in [5, 5.41) is 0. The van der Waals surface area contributed by atoms with Crippen molar-refractivity contribution in [1.29, 1.82) is 0 Å². The van der Waals surface area contributed by atoms with Crippen LogP contribution in [0.25, 0.3) is 8.87 Å². The number of halogens is 2. The monoisotopic (exact) mass is 418 g/mol. The summed E-state index contributed by atoms with van der Waals surface area (Å²) >= 11 is 8.11. The summed E-state index contributed by atoms with van der Waals surface area (Å²) in [4.78, 5) is 0. The third kappa shape index (κ3) is 2.06. The van der Waals surface area contributed by atoms with E-state index in [2.05, 4.69) is 56.1 Å². The third-order valence-corrected chi connectivity index (χ3v) is 8.06. The van der Waals surface area contributed by atoms with Gasteiger partial charge in [-0.05, 0) is 0 Å².